The number of rotatable bonds is 10. The van der Waals surface area contributed by atoms with Crippen molar-refractivity contribution in [1.82, 2.24) is 14.9 Å². The lowest BCUT2D eigenvalue weighted by molar-refractivity contribution is -0.143. The minimum atomic E-state index is -5.01. The number of benzene rings is 5. The van der Waals surface area contributed by atoms with Gasteiger partial charge in [-0.15, -0.1) is 0 Å². The van der Waals surface area contributed by atoms with Gasteiger partial charge in [0.15, 0.2) is 0 Å². The lowest BCUT2D eigenvalue weighted by Gasteiger charge is -2.31. The first-order valence-corrected chi connectivity index (χ1v) is 17.3. The van der Waals surface area contributed by atoms with Gasteiger partial charge >= 0.3 is 18.5 Å². The predicted octanol–water partition coefficient (Wildman–Crippen LogP) is 11.2. The lowest BCUT2D eigenvalue weighted by atomic mass is 9.73. The third-order valence-electron chi connectivity index (χ3n) is 9.92. The monoisotopic (exact) mass is 778 g/mol. The number of nitrogens with one attached hydrogen (secondary N) is 2. The molecule has 5 nitrogen and oxygen atoms in total. The van der Waals surface area contributed by atoms with Crippen molar-refractivity contribution in [2.45, 2.75) is 43.3 Å². The van der Waals surface area contributed by atoms with Crippen molar-refractivity contribution in [2.24, 2.45) is 0 Å². The Kier molecular flexibility index (Phi) is 9.71. The molecule has 7 rings (SSSR count). The van der Waals surface area contributed by atoms with Crippen molar-refractivity contribution in [3.05, 3.63) is 150 Å². The van der Waals surface area contributed by atoms with E-state index in [0.717, 1.165) is 11.1 Å². The molecule has 1 aliphatic carbocycles. The van der Waals surface area contributed by atoms with Gasteiger partial charge in [0, 0.05) is 23.5 Å². The third-order valence-corrected chi connectivity index (χ3v) is 9.92. The first-order valence-electron chi connectivity index (χ1n) is 17.3. The van der Waals surface area contributed by atoms with E-state index in [1.807, 2.05) is 28.8 Å². The van der Waals surface area contributed by atoms with Gasteiger partial charge in [-0.3, -0.25) is 4.79 Å². The number of aromatic nitrogens is 2. The normalized spacial score (nSPS) is 13.7. The van der Waals surface area contributed by atoms with E-state index in [-0.39, 0.29) is 34.9 Å². The number of alkyl halides is 9. The molecule has 6 aromatic rings. The average Bonchev–Trinajstić information content (AvgIpc) is 3.69. The molecule has 0 spiro atoms. The van der Waals surface area contributed by atoms with Gasteiger partial charge in [0.25, 0.3) is 0 Å². The number of hydrogen-bond acceptors (Lipinski definition) is 3. The molecule has 0 radical (unpaired) electrons. The second-order valence-electron chi connectivity index (χ2n) is 13.5. The highest BCUT2D eigenvalue weighted by Gasteiger charge is 2.49. The molecule has 0 aliphatic heterocycles. The molecule has 1 aliphatic rings. The van der Waals surface area contributed by atoms with Crippen LogP contribution in [-0.2, 0) is 29.1 Å². The Morgan fingerprint density at radius 2 is 1.29 bits per heavy atom. The molecule has 14 heteroatoms. The molecule has 0 saturated carbocycles. The maximum atomic E-state index is 13.8. The molecular formula is C42H31F9N4O. The van der Waals surface area contributed by atoms with E-state index in [1.165, 1.54) is 18.2 Å². The van der Waals surface area contributed by atoms with Crippen LogP contribution in [-0.4, -0.2) is 28.2 Å². The van der Waals surface area contributed by atoms with E-state index < -0.39 is 47.5 Å². The van der Waals surface area contributed by atoms with Gasteiger partial charge in [0.05, 0.1) is 28.5 Å². The zero-order valence-corrected chi connectivity index (χ0v) is 29.2. The van der Waals surface area contributed by atoms with Crippen LogP contribution in [0.2, 0.25) is 0 Å². The summed E-state index contributed by atoms with van der Waals surface area (Å²) in [5.74, 6) is -0.742. The standard InChI is InChI=1S/C42H31F9N4O/c1-25(30-9-2-3-10-31(30)26-19-27(41(46,47)48)21-28(20-26)42(49,50)51)54-29-15-16-37-36(22-29)53-24-55(37)18-8-17-39(38(56)52-23-40(43,44)45)34-13-6-4-11-32(34)33-12-5-7-14-35(33)39/h2-7,9-16,19-22,24,54H,1,8,17-18,23H2,(H,52,56). The summed E-state index contributed by atoms with van der Waals surface area (Å²) in [4.78, 5) is 18.3. The summed E-state index contributed by atoms with van der Waals surface area (Å²) in [7, 11) is 0. The molecule has 0 unspecified atom stereocenters. The maximum Gasteiger partial charge on any atom is 0.416 e. The average molecular weight is 779 g/mol. The number of imidazole rings is 1. The summed E-state index contributed by atoms with van der Waals surface area (Å²) in [6.45, 7) is 2.91. The first kappa shape index (κ1) is 38.2. The van der Waals surface area contributed by atoms with Gasteiger partial charge < -0.3 is 15.2 Å². The van der Waals surface area contributed by atoms with Crippen molar-refractivity contribution in [2.75, 3.05) is 11.9 Å². The van der Waals surface area contributed by atoms with Crippen LogP contribution < -0.4 is 10.6 Å². The Hall–Kier alpha value is -6.05. The number of amides is 1. The molecular weight excluding hydrogens is 747 g/mol. The Morgan fingerprint density at radius 3 is 1.88 bits per heavy atom. The SMILES string of the molecule is C=C(Nc1ccc2c(c1)ncn2CCCC1(C(=O)NCC(F)(F)F)c2ccccc2-c2ccccc21)c1ccccc1-c1cc(C(F)(F)F)cc(C(F)(F)F)c1. The van der Waals surface area contributed by atoms with Crippen molar-refractivity contribution >= 4 is 28.3 Å². The second-order valence-corrected chi connectivity index (χ2v) is 13.5. The number of carbonyl (C=O) groups excluding carboxylic acids is 1. The van der Waals surface area contributed by atoms with Crippen molar-refractivity contribution in [1.29, 1.82) is 0 Å². The van der Waals surface area contributed by atoms with Gasteiger partial charge in [-0.2, -0.15) is 39.5 Å². The molecule has 0 fully saturated rings. The number of hydrogen-bond donors (Lipinski definition) is 2. The highest BCUT2D eigenvalue weighted by atomic mass is 19.4. The van der Waals surface area contributed by atoms with E-state index in [1.54, 1.807) is 54.9 Å². The minimum Gasteiger partial charge on any atom is -0.355 e. The van der Waals surface area contributed by atoms with E-state index in [0.29, 0.717) is 52.9 Å². The van der Waals surface area contributed by atoms with Gasteiger partial charge in [0.2, 0.25) is 5.91 Å². The summed E-state index contributed by atoms with van der Waals surface area (Å²) < 4.78 is 123. The topological polar surface area (TPSA) is 59.0 Å². The summed E-state index contributed by atoms with van der Waals surface area (Å²) in [5.41, 5.74) is 0.596. The molecule has 0 saturated heterocycles. The first-order chi connectivity index (χ1) is 26.5. The number of aryl methyl sites for hydroxylation is 1. The van der Waals surface area contributed by atoms with Crippen LogP contribution in [0.25, 0.3) is 39.0 Å². The number of anilines is 1. The molecule has 2 N–H and O–H groups in total. The lowest BCUT2D eigenvalue weighted by Crippen LogP contribution is -2.47. The highest BCUT2D eigenvalue weighted by molar-refractivity contribution is 6.00. The smallest absolute Gasteiger partial charge is 0.355 e. The van der Waals surface area contributed by atoms with E-state index in [9.17, 15) is 44.3 Å². The van der Waals surface area contributed by atoms with Crippen LogP contribution in [0.5, 0.6) is 0 Å². The molecule has 288 valence electrons. The van der Waals surface area contributed by atoms with Crippen molar-refractivity contribution in [3.63, 3.8) is 0 Å². The fourth-order valence-electron chi connectivity index (χ4n) is 7.47. The van der Waals surface area contributed by atoms with Crippen LogP contribution in [0.1, 0.15) is 40.7 Å². The highest BCUT2D eigenvalue weighted by Crippen LogP contribution is 2.51. The largest absolute Gasteiger partial charge is 0.416 e. The van der Waals surface area contributed by atoms with Crippen molar-refractivity contribution < 1.29 is 44.3 Å². The third kappa shape index (κ3) is 7.35. The van der Waals surface area contributed by atoms with Gasteiger partial charge in [0.1, 0.15) is 12.0 Å². The zero-order chi connectivity index (χ0) is 40.0. The zero-order valence-electron chi connectivity index (χ0n) is 29.2. The van der Waals surface area contributed by atoms with E-state index in [4.69, 9.17) is 0 Å². The minimum absolute atomic E-state index is 0.0771. The van der Waals surface area contributed by atoms with Crippen LogP contribution in [0.4, 0.5) is 45.2 Å². The van der Waals surface area contributed by atoms with E-state index in [2.05, 4.69) is 22.2 Å². The van der Waals surface area contributed by atoms with Crippen LogP contribution in [0.3, 0.4) is 0 Å². The number of nitrogens with zero attached hydrogens (tertiary/aromatic N) is 2. The molecule has 1 amide bonds. The Morgan fingerprint density at radius 1 is 0.714 bits per heavy atom. The second kappa shape index (κ2) is 14.2. The molecule has 1 heterocycles. The number of carbonyl (C=O) groups is 1. The Labute approximate surface area is 314 Å². The summed E-state index contributed by atoms with van der Waals surface area (Å²) in [6.07, 6.45) is -12.5. The molecule has 0 bridgehead atoms. The van der Waals surface area contributed by atoms with E-state index >= 15 is 0 Å². The van der Waals surface area contributed by atoms with Crippen LogP contribution in [0.15, 0.2) is 122 Å². The number of halogens is 9. The van der Waals surface area contributed by atoms with Crippen LogP contribution >= 0.6 is 0 Å². The van der Waals surface area contributed by atoms with Crippen molar-refractivity contribution in [3.8, 4) is 22.3 Å². The van der Waals surface area contributed by atoms with Gasteiger partial charge in [-0.1, -0.05) is 79.4 Å². The molecule has 0 atom stereocenters. The fourth-order valence-corrected chi connectivity index (χ4v) is 7.47. The Bertz CT molecular complexity index is 2380. The molecule has 1 aromatic heterocycles. The summed E-state index contributed by atoms with van der Waals surface area (Å²) in [6, 6.07) is 27.0. The molecule has 56 heavy (non-hydrogen) atoms. The van der Waals surface area contributed by atoms with Gasteiger partial charge in [-0.05, 0) is 82.6 Å². The van der Waals surface area contributed by atoms with Crippen LogP contribution in [0, 0.1) is 0 Å². The quantitative estimate of drug-likeness (QED) is 0.136. The number of fused-ring (bicyclic) bond motifs is 4. The summed E-state index contributed by atoms with van der Waals surface area (Å²) in [5, 5.41) is 5.22. The summed E-state index contributed by atoms with van der Waals surface area (Å²) >= 11 is 0. The fraction of sp³-hybridized carbons (Fsp3) is 0.190. The predicted molar refractivity (Wildman–Crippen MR) is 195 cm³/mol. The van der Waals surface area contributed by atoms with Gasteiger partial charge in [-0.25, -0.2) is 4.98 Å². The maximum absolute atomic E-state index is 13.8. The Balaban J connectivity index is 1.12. The molecule has 5 aromatic carbocycles.